The van der Waals surface area contributed by atoms with Crippen LogP contribution in [-0.2, 0) is 9.59 Å². The van der Waals surface area contributed by atoms with Gasteiger partial charge >= 0.3 is 0 Å². The Morgan fingerprint density at radius 1 is 1.12 bits per heavy atom. The Kier molecular flexibility index (Phi) is 5.02. The van der Waals surface area contributed by atoms with Crippen molar-refractivity contribution in [3.63, 3.8) is 0 Å². The quantitative estimate of drug-likeness (QED) is 0.850. The summed E-state index contributed by atoms with van der Waals surface area (Å²) < 4.78 is 0. The third kappa shape index (κ3) is 3.80. The molecule has 0 saturated carbocycles. The summed E-state index contributed by atoms with van der Waals surface area (Å²) in [5.74, 6) is -0.648. The van der Waals surface area contributed by atoms with E-state index in [1.165, 1.54) is 0 Å². The summed E-state index contributed by atoms with van der Waals surface area (Å²) in [5.41, 5.74) is 3.56. The number of anilines is 2. The molecule has 4 nitrogen and oxygen atoms in total. The summed E-state index contributed by atoms with van der Waals surface area (Å²) >= 11 is 11.9. The normalized spacial score (nSPS) is 17.0. The molecule has 2 amide bonds. The number of rotatable bonds is 3. The van der Waals surface area contributed by atoms with Gasteiger partial charge in [0.2, 0.25) is 11.8 Å². The number of hydrogen-bond acceptors (Lipinski definition) is 2. The van der Waals surface area contributed by atoms with Gasteiger partial charge in [0.25, 0.3) is 0 Å². The zero-order valence-corrected chi connectivity index (χ0v) is 15.5. The van der Waals surface area contributed by atoms with Crippen molar-refractivity contribution in [3.05, 3.63) is 57.6 Å². The fraction of sp³-hybridized carbons (Fsp3) is 0.263. The van der Waals surface area contributed by atoms with E-state index in [9.17, 15) is 9.59 Å². The molecule has 1 atom stereocenters. The van der Waals surface area contributed by atoms with Gasteiger partial charge in [-0.1, -0.05) is 40.9 Å². The molecule has 0 radical (unpaired) electrons. The van der Waals surface area contributed by atoms with E-state index in [1.54, 1.807) is 23.1 Å². The van der Waals surface area contributed by atoms with Gasteiger partial charge in [0.05, 0.1) is 16.0 Å². The van der Waals surface area contributed by atoms with Crippen LogP contribution in [0.3, 0.4) is 0 Å². The lowest BCUT2D eigenvalue weighted by atomic mass is 10.1. The number of hydrogen-bond donors (Lipinski definition) is 1. The van der Waals surface area contributed by atoms with E-state index in [0.717, 1.165) is 16.8 Å². The molecule has 3 rings (SSSR count). The van der Waals surface area contributed by atoms with E-state index in [0.29, 0.717) is 22.3 Å². The standard InChI is InChI=1S/C19H18Cl2N2O2/c1-11-3-6-17(12(2)7-11)22-19(25)13-8-18(24)23(10-13)14-4-5-15(20)16(21)9-14/h3-7,9,13H,8,10H2,1-2H3,(H,22,25)/t13-/m0/s1. The van der Waals surface area contributed by atoms with Gasteiger partial charge in [0, 0.05) is 24.3 Å². The molecule has 1 aliphatic heterocycles. The first-order chi connectivity index (χ1) is 11.8. The molecule has 0 bridgehead atoms. The van der Waals surface area contributed by atoms with Crippen molar-refractivity contribution in [1.29, 1.82) is 0 Å². The van der Waals surface area contributed by atoms with Crippen LogP contribution in [0.25, 0.3) is 0 Å². The highest BCUT2D eigenvalue weighted by Gasteiger charge is 2.35. The summed E-state index contributed by atoms with van der Waals surface area (Å²) in [5, 5.41) is 3.74. The van der Waals surface area contributed by atoms with Crippen molar-refractivity contribution in [3.8, 4) is 0 Å². The van der Waals surface area contributed by atoms with Crippen molar-refractivity contribution in [2.24, 2.45) is 5.92 Å². The van der Waals surface area contributed by atoms with Crippen molar-refractivity contribution in [2.45, 2.75) is 20.3 Å². The summed E-state index contributed by atoms with van der Waals surface area (Å²) in [4.78, 5) is 26.5. The fourth-order valence-electron chi connectivity index (χ4n) is 2.97. The SMILES string of the molecule is Cc1ccc(NC(=O)[C@H]2CC(=O)N(c3ccc(Cl)c(Cl)c3)C2)c(C)c1. The van der Waals surface area contributed by atoms with Gasteiger partial charge in [0.1, 0.15) is 0 Å². The first-order valence-corrected chi connectivity index (χ1v) is 8.74. The predicted molar refractivity (Wildman–Crippen MR) is 101 cm³/mol. The van der Waals surface area contributed by atoms with E-state index in [1.807, 2.05) is 32.0 Å². The van der Waals surface area contributed by atoms with Crippen LogP contribution in [0.2, 0.25) is 10.0 Å². The van der Waals surface area contributed by atoms with Crippen LogP contribution in [0.1, 0.15) is 17.5 Å². The smallest absolute Gasteiger partial charge is 0.229 e. The minimum absolute atomic E-state index is 0.0980. The zero-order valence-electron chi connectivity index (χ0n) is 14.0. The van der Waals surface area contributed by atoms with Gasteiger partial charge in [-0.05, 0) is 43.7 Å². The monoisotopic (exact) mass is 376 g/mol. The second-order valence-corrected chi connectivity index (χ2v) is 7.13. The second kappa shape index (κ2) is 7.06. The van der Waals surface area contributed by atoms with Gasteiger partial charge in [-0.2, -0.15) is 0 Å². The number of aryl methyl sites for hydroxylation is 2. The lowest BCUT2D eigenvalue weighted by molar-refractivity contribution is -0.122. The maximum absolute atomic E-state index is 12.6. The number of benzene rings is 2. The van der Waals surface area contributed by atoms with Gasteiger partial charge in [-0.3, -0.25) is 9.59 Å². The fourth-order valence-corrected chi connectivity index (χ4v) is 3.27. The molecule has 25 heavy (non-hydrogen) atoms. The van der Waals surface area contributed by atoms with E-state index < -0.39 is 5.92 Å². The highest BCUT2D eigenvalue weighted by atomic mass is 35.5. The number of amides is 2. The van der Waals surface area contributed by atoms with Crippen molar-refractivity contribution < 1.29 is 9.59 Å². The minimum atomic E-state index is -0.400. The molecule has 2 aromatic rings. The molecule has 130 valence electrons. The molecule has 1 heterocycles. The molecule has 1 fully saturated rings. The van der Waals surface area contributed by atoms with Crippen LogP contribution in [0.5, 0.6) is 0 Å². The van der Waals surface area contributed by atoms with E-state index in [4.69, 9.17) is 23.2 Å². The summed E-state index contributed by atoms with van der Waals surface area (Å²) in [6.45, 7) is 4.28. The molecule has 1 aliphatic rings. The summed E-state index contributed by atoms with van der Waals surface area (Å²) in [6.07, 6.45) is 0.178. The summed E-state index contributed by atoms with van der Waals surface area (Å²) in [6, 6.07) is 10.9. The molecular weight excluding hydrogens is 359 g/mol. The Morgan fingerprint density at radius 2 is 1.88 bits per heavy atom. The molecule has 0 spiro atoms. The zero-order chi connectivity index (χ0) is 18.1. The van der Waals surface area contributed by atoms with Crippen LogP contribution >= 0.6 is 23.2 Å². The second-order valence-electron chi connectivity index (χ2n) is 6.31. The summed E-state index contributed by atoms with van der Waals surface area (Å²) in [7, 11) is 0. The van der Waals surface area contributed by atoms with Crippen LogP contribution in [-0.4, -0.2) is 18.4 Å². The molecule has 1 saturated heterocycles. The Morgan fingerprint density at radius 3 is 2.56 bits per heavy atom. The topological polar surface area (TPSA) is 49.4 Å². The minimum Gasteiger partial charge on any atom is -0.326 e. The number of halogens is 2. The number of carbonyl (C=O) groups excluding carboxylic acids is 2. The lowest BCUT2D eigenvalue weighted by Gasteiger charge is -2.17. The maximum Gasteiger partial charge on any atom is 0.229 e. The average Bonchev–Trinajstić information content (AvgIpc) is 2.95. The molecule has 6 heteroatoms. The Bertz CT molecular complexity index is 851. The van der Waals surface area contributed by atoms with Crippen LogP contribution < -0.4 is 10.2 Å². The van der Waals surface area contributed by atoms with Gasteiger partial charge in [-0.25, -0.2) is 0 Å². The first kappa shape index (κ1) is 17.8. The third-order valence-corrected chi connectivity index (χ3v) is 5.09. The van der Waals surface area contributed by atoms with Crippen molar-refractivity contribution in [1.82, 2.24) is 0 Å². The molecule has 0 aliphatic carbocycles. The average molecular weight is 377 g/mol. The number of nitrogens with one attached hydrogen (secondary N) is 1. The third-order valence-electron chi connectivity index (χ3n) is 4.35. The Balaban J connectivity index is 1.73. The van der Waals surface area contributed by atoms with Gasteiger partial charge in [-0.15, -0.1) is 0 Å². The maximum atomic E-state index is 12.6. The van der Waals surface area contributed by atoms with E-state index in [-0.39, 0.29) is 18.2 Å². The molecular formula is C19H18Cl2N2O2. The van der Waals surface area contributed by atoms with Gasteiger partial charge in [0.15, 0.2) is 0 Å². The number of nitrogens with zero attached hydrogens (tertiary/aromatic N) is 1. The highest BCUT2D eigenvalue weighted by Crippen LogP contribution is 2.31. The van der Waals surface area contributed by atoms with Crippen molar-refractivity contribution >= 4 is 46.4 Å². The van der Waals surface area contributed by atoms with Crippen LogP contribution in [0.4, 0.5) is 11.4 Å². The van der Waals surface area contributed by atoms with Gasteiger partial charge < -0.3 is 10.2 Å². The highest BCUT2D eigenvalue weighted by molar-refractivity contribution is 6.42. The Hall–Kier alpha value is -2.04. The lowest BCUT2D eigenvalue weighted by Crippen LogP contribution is -2.28. The first-order valence-electron chi connectivity index (χ1n) is 7.98. The Labute approximate surface area is 156 Å². The predicted octanol–water partition coefficient (Wildman–Crippen LogP) is 4.60. The van der Waals surface area contributed by atoms with E-state index >= 15 is 0 Å². The number of carbonyl (C=O) groups is 2. The molecule has 2 aromatic carbocycles. The van der Waals surface area contributed by atoms with Crippen molar-refractivity contribution in [2.75, 3.05) is 16.8 Å². The van der Waals surface area contributed by atoms with E-state index in [2.05, 4.69) is 5.32 Å². The van der Waals surface area contributed by atoms with Crippen LogP contribution in [0.15, 0.2) is 36.4 Å². The molecule has 0 unspecified atom stereocenters. The molecule has 1 N–H and O–H groups in total. The largest absolute Gasteiger partial charge is 0.326 e. The molecule has 0 aromatic heterocycles. The van der Waals surface area contributed by atoms with Crippen LogP contribution in [0, 0.1) is 19.8 Å².